The Morgan fingerprint density at radius 1 is 1.42 bits per heavy atom. The van der Waals surface area contributed by atoms with Crippen molar-refractivity contribution >= 4 is 23.1 Å². The Balaban J connectivity index is 1.48. The van der Waals surface area contributed by atoms with Crippen LogP contribution < -0.4 is 0 Å². The summed E-state index contributed by atoms with van der Waals surface area (Å²) in [6.45, 7) is 0.935. The average molecular weight is 295 g/mol. The predicted octanol–water partition coefficient (Wildman–Crippen LogP) is 4.21. The van der Waals surface area contributed by atoms with E-state index in [1.165, 1.54) is 19.3 Å². The Bertz CT molecular complexity index is 489. The molecule has 1 aliphatic heterocycles. The highest BCUT2D eigenvalue weighted by atomic mass is 32.2. The lowest BCUT2D eigenvalue weighted by Crippen LogP contribution is -2.21. The molecule has 5 heteroatoms. The van der Waals surface area contributed by atoms with Crippen molar-refractivity contribution in [3.63, 3.8) is 0 Å². The van der Waals surface area contributed by atoms with Gasteiger partial charge in [-0.1, -0.05) is 0 Å². The number of nitrogens with zero attached hydrogens (tertiary/aromatic N) is 1. The molecule has 0 spiro atoms. The summed E-state index contributed by atoms with van der Waals surface area (Å²) in [6.07, 6.45) is 5.87. The van der Waals surface area contributed by atoms with Crippen LogP contribution in [0.2, 0.25) is 0 Å². The third kappa shape index (κ3) is 3.61. The molecule has 0 bridgehead atoms. The van der Waals surface area contributed by atoms with Crippen LogP contribution in [0.15, 0.2) is 28.2 Å². The fourth-order valence-electron chi connectivity index (χ4n) is 2.12. The quantitative estimate of drug-likeness (QED) is 0.828. The number of ether oxygens (including phenoxy) is 1. The van der Waals surface area contributed by atoms with Gasteiger partial charge in [-0.05, 0) is 31.4 Å². The topological polar surface area (TPSA) is 35.3 Å². The van der Waals surface area contributed by atoms with Gasteiger partial charge in [0.25, 0.3) is 0 Å². The molecule has 3 nitrogen and oxygen atoms in total. The van der Waals surface area contributed by atoms with E-state index in [4.69, 9.17) is 9.15 Å². The summed E-state index contributed by atoms with van der Waals surface area (Å²) in [6, 6.07) is 3.84. The first-order valence-corrected chi connectivity index (χ1v) is 8.63. The molecular formula is C14H17NO2S2. The van der Waals surface area contributed by atoms with Gasteiger partial charge < -0.3 is 9.15 Å². The van der Waals surface area contributed by atoms with Gasteiger partial charge in [-0.2, -0.15) is 11.8 Å². The minimum absolute atomic E-state index is 0.446. The van der Waals surface area contributed by atoms with Crippen molar-refractivity contribution in [3.05, 3.63) is 29.5 Å². The van der Waals surface area contributed by atoms with E-state index in [1.54, 1.807) is 17.6 Å². The molecule has 1 saturated heterocycles. The van der Waals surface area contributed by atoms with E-state index < -0.39 is 0 Å². The van der Waals surface area contributed by atoms with E-state index in [1.807, 2.05) is 23.9 Å². The van der Waals surface area contributed by atoms with Crippen LogP contribution >= 0.6 is 23.1 Å². The molecular weight excluding hydrogens is 278 g/mol. The third-order valence-corrected chi connectivity index (χ3v) is 5.12. The zero-order valence-corrected chi connectivity index (χ0v) is 12.3. The highest BCUT2D eigenvalue weighted by Crippen LogP contribution is 2.26. The Labute approximate surface area is 121 Å². The Hall–Kier alpha value is -0.780. The molecule has 2 aromatic heterocycles. The van der Waals surface area contributed by atoms with Crippen molar-refractivity contribution in [1.29, 1.82) is 0 Å². The number of thiazole rings is 1. The highest BCUT2D eigenvalue weighted by molar-refractivity contribution is 7.98. The first-order chi connectivity index (χ1) is 9.42. The van der Waals surface area contributed by atoms with Crippen LogP contribution in [0.1, 0.15) is 25.0 Å². The maximum atomic E-state index is 5.73. The lowest BCUT2D eigenvalue weighted by molar-refractivity contribution is 0.0315. The lowest BCUT2D eigenvalue weighted by atomic mass is 10.1. The molecule has 0 unspecified atom stereocenters. The first-order valence-electron chi connectivity index (χ1n) is 6.59. The molecule has 102 valence electrons. The zero-order chi connectivity index (χ0) is 12.9. The van der Waals surface area contributed by atoms with Crippen LogP contribution in [0.3, 0.4) is 0 Å². The first kappa shape index (κ1) is 13.2. The fourth-order valence-corrected chi connectivity index (χ4v) is 4.01. The smallest absolute Gasteiger partial charge is 0.162 e. The molecule has 0 N–H and O–H groups in total. The molecule has 0 amide bonds. The molecule has 1 atom stereocenters. The second kappa shape index (κ2) is 6.59. The maximum absolute atomic E-state index is 5.73. The molecule has 0 aliphatic carbocycles. The van der Waals surface area contributed by atoms with E-state index in [-0.39, 0.29) is 0 Å². The van der Waals surface area contributed by atoms with E-state index >= 15 is 0 Å². The average Bonchev–Trinajstić information content (AvgIpc) is 3.10. The molecule has 1 aliphatic rings. The van der Waals surface area contributed by atoms with Crippen LogP contribution in [-0.4, -0.2) is 23.4 Å². The Morgan fingerprint density at radius 2 is 2.42 bits per heavy atom. The monoisotopic (exact) mass is 295 g/mol. The van der Waals surface area contributed by atoms with Crippen molar-refractivity contribution in [2.24, 2.45) is 0 Å². The third-order valence-electron chi connectivity index (χ3n) is 3.11. The van der Waals surface area contributed by atoms with Gasteiger partial charge in [-0.3, -0.25) is 0 Å². The highest BCUT2D eigenvalue weighted by Gasteiger charge is 2.14. The van der Waals surface area contributed by atoms with E-state index in [0.29, 0.717) is 6.10 Å². The van der Waals surface area contributed by atoms with Gasteiger partial charge in [-0.15, -0.1) is 11.3 Å². The van der Waals surface area contributed by atoms with Crippen molar-refractivity contribution in [2.45, 2.75) is 31.1 Å². The van der Waals surface area contributed by atoms with Crippen molar-refractivity contribution in [2.75, 3.05) is 12.4 Å². The van der Waals surface area contributed by atoms with Crippen molar-refractivity contribution in [3.8, 4) is 10.8 Å². The number of thioether (sulfide) groups is 1. The largest absolute Gasteiger partial charge is 0.462 e. The second-order valence-electron chi connectivity index (χ2n) is 4.63. The molecule has 2 aromatic rings. The summed E-state index contributed by atoms with van der Waals surface area (Å²) in [7, 11) is 0. The summed E-state index contributed by atoms with van der Waals surface area (Å²) in [4.78, 5) is 4.60. The standard InChI is InChI=1S/C14H17NO2S2/c1-2-6-16-12(4-1)10-18-8-11-9-19-14(15-11)13-5-3-7-17-13/h3,5,7,9,12H,1-2,4,6,8,10H2/t12-/m1/s1. The predicted molar refractivity (Wildman–Crippen MR) is 79.6 cm³/mol. The minimum atomic E-state index is 0.446. The van der Waals surface area contributed by atoms with Crippen LogP contribution in [0, 0.1) is 0 Å². The fraction of sp³-hybridized carbons (Fsp3) is 0.500. The molecule has 3 heterocycles. The van der Waals surface area contributed by atoms with Crippen molar-refractivity contribution in [1.82, 2.24) is 4.98 Å². The van der Waals surface area contributed by atoms with E-state index in [2.05, 4.69) is 10.4 Å². The summed E-state index contributed by atoms with van der Waals surface area (Å²) in [5.41, 5.74) is 1.14. The Morgan fingerprint density at radius 3 is 3.21 bits per heavy atom. The molecule has 1 fully saturated rings. The SMILES string of the molecule is c1coc(-c2nc(CSC[C@H]3CCCCO3)cs2)c1. The summed E-state index contributed by atoms with van der Waals surface area (Å²) >= 11 is 3.56. The van der Waals surface area contributed by atoms with Gasteiger partial charge in [0.2, 0.25) is 0 Å². The van der Waals surface area contributed by atoms with Crippen LogP contribution in [0.4, 0.5) is 0 Å². The van der Waals surface area contributed by atoms with Gasteiger partial charge in [-0.25, -0.2) is 4.98 Å². The molecule has 3 rings (SSSR count). The molecule has 0 saturated carbocycles. The zero-order valence-electron chi connectivity index (χ0n) is 10.7. The normalized spacial score (nSPS) is 19.7. The molecule has 0 radical (unpaired) electrons. The van der Waals surface area contributed by atoms with Gasteiger partial charge >= 0.3 is 0 Å². The summed E-state index contributed by atoms with van der Waals surface area (Å²) < 4.78 is 11.1. The van der Waals surface area contributed by atoms with Gasteiger partial charge in [0.05, 0.1) is 18.1 Å². The van der Waals surface area contributed by atoms with Crippen LogP contribution in [-0.2, 0) is 10.5 Å². The Kier molecular flexibility index (Phi) is 4.58. The number of rotatable bonds is 5. The van der Waals surface area contributed by atoms with Crippen molar-refractivity contribution < 1.29 is 9.15 Å². The van der Waals surface area contributed by atoms with Gasteiger partial charge in [0.1, 0.15) is 0 Å². The second-order valence-corrected chi connectivity index (χ2v) is 6.51. The van der Waals surface area contributed by atoms with E-state index in [9.17, 15) is 0 Å². The van der Waals surface area contributed by atoms with Crippen LogP contribution in [0.5, 0.6) is 0 Å². The number of hydrogen-bond acceptors (Lipinski definition) is 5. The van der Waals surface area contributed by atoms with Gasteiger partial charge in [0, 0.05) is 23.5 Å². The maximum Gasteiger partial charge on any atom is 0.162 e. The lowest BCUT2D eigenvalue weighted by Gasteiger charge is -2.21. The summed E-state index contributed by atoms with van der Waals surface area (Å²) in [5.74, 6) is 2.89. The van der Waals surface area contributed by atoms with Crippen LogP contribution in [0.25, 0.3) is 10.8 Å². The molecule has 0 aromatic carbocycles. The summed E-state index contributed by atoms with van der Waals surface area (Å²) in [5, 5.41) is 3.08. The minimum Gasteiger partial charge on any atom is -0.462 e. The van der Waals surface area contributed by atoms with Gasteiger partial charge in [0.15, 0.2) is 10.8 Å². The molecule has 19 heavy (non-hydrogen) atoms. The number of furan rings is 1. The number of hydrogen-bond donors (Lipinski definition) is 0. The number of aromatic nitrogens is 1. The van der Waals surface area contributed by atoms with E-state index in [0.717, 1.165) is 34.6 Å².